The lowest BCUT2D eigenvalue weighted by molar-refractivity contribution is 0.340. The second-order valence-electron chi connectivity index (χ2n) is 6.45. The first-order chi connectivity index (χ1) is 14.7. The molecule has 0 amide bonds. The summed E-state index contributed by atoms with van der Waals surface area (Å²) < 4.78 is 13.0. The molecule has 1 aromatic heterocycles. The molecule has 0 radical (unpaired) electrons. The van der Waals surface area contributed by atoms with Crippen molar-refractivity contribution in [3.63, 3.8) is 0 Å². The monoisotopic (exact) mass is 418 g/mol. The highest BCUT2D eigenvalue weighted by atomic mass is 32.2. The van der Waals surface area contributed by atoms with Crippen LogP contribution in [-0.4, -0.2) is 21.5 Å². The van der Waals surface area contributed by atoms with E-state index in [-0.39, 0.29) is 0 Å². The zero-order chi connectivity index (χ0) is 20.8. The van der Waals surface area contributed by atoms with Crippen molar-refractivity contribution in [1.29, 1.82) is 0 Å². The second kappa shape index (κ2) is 9.37. The van der Waals surface area contributed by atoms with Crippen LogP contribution in [0.5, 0.6) is 17.2 Å². The Bertz CT molecular complexity index is 1100. The molecule has 0 fully saturated rings. The standard InChI is InChI=1S/C23H22N4O2S/c1-2-28-19-14-12-17(13-15-19)22-25-26-23(27(22)24)30-16-18-8-6-7-11-21(18)29-20-9-4-3-5-10-20/h3-15H,2,16,24H2,1H3. The van der Waals surface area contributed by atoms with Crippen molar-refractivity contribution in [3.05, 3.63) is 84.4 Å². The number of hydrogen-bond acceptors (Lipinski definition) is 6. The van der Waals surface area contributed by atoms with Gasteiger partial charge in [0, 0.05) is 16.9 Å². The van der Waals surface area contributed by atoms with Crippen molar-refractivity contribution in [2.24, 2.45) is 0 Å². The zero-order valence-corrected chi connectivity index (χ0v) is 17.4. The van der Waals surface area contributed by atoms with Crippen LogP contribution in [0.3, 0.4) is 0 Å². The van der Waals surface area contributed by atoms with Crippen LogP contribution in [0.15, 0.2) is 84.0 Å². The predicted octanol–water partition coefficient (Wildman–Crippen LogP) is 5.14. The predicted molar refractivity (Wildman–Crippen MR) is 119 cm³/mol. The molecular formula is C23H22N4O2S. The van der Waals surface area contributed by atoms with Gasteiger partial charge in [-0.25, -0.2) is 4.68 Å². The number of benzene rings is 3. The summed E-state index contributed by atoms with van der Waals surface area (Å²) in [5.74, 6) is 9.95. The van der Waals surface area contributed by atoms with Gasteiger partial charge >= 0.3 is 0 Å². The smallest absolute Gasteiger partial charge is 0.210 e. The van der Waals surface area contributed by atoms with E-state index in [1.54, 1.807) is 0 Å². The van der Waals surface area contributed by atoms with Gasteiger partial charge in [0.1, 0.15) is 17.2 Å². The van der Waals surface area contributed by atoms with E-state index in [0.717, 1.165) is 28.4 Å². The lowest BCUT2D eigenvalue weighted by Crippen LogP contribution is -2.11. The molecule has 30 heavy (non-hydrogen) atoms. The third-order valence-electron chi connectivity index (χ3n) is 4.39. The Morgan fingerprint density at radius 2 is 1.60 bits per heavy atom. The fourth-order valence-electron chi connectivity index (χ4n) is 2.92. The summed E-state index contributed by atoms with van der Waals surface area (Å²) in [6, 6.07) is 25.3. The van der Waals surface area contributed by atoms with Gasteiger partial charge in [0.05, 0.1) is 6.61 Å². The first-order valence-corrected chi connectivity index (χ1v) is 10.6. The highest BCUT2D eigenvalue weighted by Crippen LogP contribution is 2.31. The fourth-order valence-corrected chi connectivity index (χ4v) is 3.77. The maximum absolute atomic E-state index is 6.27. The molecule has 0 spiro atoms. The minimum absolute atomic E-state index is 0.606. The van der Waals surface area contributed by atoms with Crippen LogP contribution in [0.4, 0.5) is 0 Å². The molecule has 7 heteroatoms. The van der Waals surface area contributed by atoms with Crippen molar-refractivity contribution in [2.75, 3.05) is 12.4 Å². The van der Waals surface area contributed by atoms with Gasteiger partial charge in [0.15, 0.2) is 5.82 Å². The van der Waals surface area contributed by atoms with E-state index in [4.69, 9.17) is 15.3 Å². The fraction of sp³-hybridized carbons (Fsp3) is 0.130. The molecule has 0 bridgehead atoms. The highest BCUT2D eigenvalue weighted by Gasteiger charge is 2.14. The summed E-state index contributed by atoms with van der Waals surface area (Å²) in [6.07, 6.45) is 0. The van der Waals surface area contributed by atoms with Crippen molar-refractivity contribution < 1.29 is 9.47 Å². The molecule has 6 nitrogen and oxygen atoms in total. The summed E-state index contributed by atoms with van der Waals surface area (Å²) in [5, 5.41) is 9.15. The average molecular weight is 419 g/mol. The number of hydrogen-bond donors (Lipinski definition) is 1. The highest BCUT2D eigenvalue weighted by molar-refractivity contribution is 7.98. The SMILES string of the molecule is CCOc1ccc(-c2nnc(SCc3ccccc3Oc3ccccc3)n2N)cc1. The normalized spacial score (nSPS) is 10.7. The van der Waals surface area contributed by atoms with E-state index in [1.165, 1.54) is 16.4 Å². The van der Waals surface area contributed by atoms with Gasteiger partial charge < -0.3 is 15.3 Å². The second-order valence-corrected chi connectivity index (χ2v) is 7.39. The molecule has 0 saturated heterocycles. The Kier molecular flexibility index (Phi) is 6.20. The summed E-state index contributed by atoms with van der Waals surface area (Å²) >= 11 is 1.51. The molecule has 1 heterocycles. The Hall–Kier alpha value is -3.45. The van der Waals surface area contributed by atoms with Crippen LogP contribution in [0.25, 0.3) is 11.4 Å². The van der Waals surface area contributed by atoms with Gasteiger partial charge in [-0.2, -0.15) is 0 Å². The van der Waals surface area contributed by atoms with Crippen molar-refractivity contribution in [2.45, 2.75) is 17.8 Å². The largest absolute Gasteiger partial charge is 0.494 e. The van der Waals surface area contributed by atoms with Gasteiger partial charge in [0.2, 0.25) is 5.16 Å². The van der Waals surface area contributed by atoms with Crippen molar-refractivity contribution in [1.82, 2.24) is 14.9 Å². The molecule has 0 aliphatic heterocycles. The number of nitrogens with two attached hydrogens (primary N) is 1. The molecule has 4 rings (SSSR count). The van der Waals surface area contributed by atoms with Crippen LogP contribution in [0, 0.1) is 0 Å². The minimum Gasteiger partial charge on any atom is -0.494 e. The number of nitrogens with zero attached hydrogens (tertiary/aromatic N) is 3. The average Bonchev–Trinajstić information content (AvgIpc) is 3.15. The van der Waals surface area contributed by atoms with Crippen LogP contribution < -0.4 is 15.3 Å². The Morgan fingerprint density at radius 1 is 0.867 bits per heavy atom. The minimum atomic E-state index is 0.606. The van der Waals surface area contributed by atoms with E-state index >= 15 is 0 Å². The third kappa shape index (κ3) is 4.58. The summed E-state index contributed by atoms with van der Waals surface area (Å²) in [7, 11) is 0. The number of thioether (sulfide) groups is 1. The number of nitrogen functional groups attached to an aromatic ring is 1. The number of ether oxygens (including phenoxy) is 2. The molecule has 152 valence electrons. The van der Waals surface area contributed by atoms with Crippen LogP contribution in [0.2, 0.25) is 0 Å². The van der Waals surface area contributed by atoms with Crippen LogP contribution in [0.1, 0.15) is 12.5 Å². The topological polar surface area (TPSA) is 75.2 Å². The molecule has 2 N–H and O–H groups in total. The van der Waals surface area contributed by atoms with E-state index in [2.05, 4.69) is 10.2 Å². The van der Waals surface area contributed by atoms with E-state index < -0.39 is 0 Å². The number of aromatic nitrogens is 3. The third-order valence-corrected chi connectivity index (χ3v) is 5.38. The molecule has 0 atom stereocenters. The first kappa shape index (κ1) is 19.8. The Balaban J connectivity index is 1.47. The van der Waals surface area contributed by atoms with Gasteiger partial charge in [0.25, 0.3) is 0 Å². The lowest BCUT2D eigenvalue weighted by atomic mass is 10.2. The zero-order valence-electron chi connectivity index (χ0n) is 16.6. The van der Waals surface area contributed by atoms with Gasteiger partial charge in [-0.05, 0) is 49.4 Å². The molecule has 4 aromatic rings. The summed E-state index contributed by atoms with van der Waals surface area (Å²) in [5.41, 5.74) is 1.94. The van der Waals surface area contributed by atoms with E-state index in [9.17, 15) is 0 Å². The molecule has 0 saturated carbocycles. The molecule has 0 unspecified atom stereocenters. The number of para-hydroxylation sites is 2. The lowest BCUT2D eigenvalue weighted by Gasteiger charge is -2.11. The molecule has 0 aliphatic carbocycles. The van der Waals surface area contributed by atoms with Crippen LogP contribution in [-0.2, 0) is 5.75 Å². The van der Waals surface area contributed by atoms with E-state index in [0.29, 0.717) is 23.3 Å². The van der Waals surface area contributed by atoms with Gasteiger partial charge in [-0.1, -0.05) is 48.2 Å². The summed E-state index contributed by atoms with van der Waals surface area (Å²) in [4.78, 5) is 0. The van der Waals surface area contributed by atoms with E-state index in [1.807, 2.05) is 85.8 Å². The number of rotatable bonds is 8. The maximum atomic E-state index is 6.27. The first-order valence-electron chi connectivity index (χ1n) is 9.62. The maximum Gasteiger partial charge on any atom is 0.210 e. The Morgan fingerprint density at radius 3 is 2.37 bits per heavy atom. The van der Waals surface area contributed by atoms with Gasteiger partial charge in [-0.15, -0.1) is 10.2 Å². The van der Waals surface area contributed by atoms with Gasteiger partial charge in [-0.3, -0.25) is 0 Å². The molecule has 0 aliphatic rings. The summed E-state index contributed by atoms with van der Waals surface area (Å²) in [6.45, 7) is 2.58. The van der Waals surface area contributed by atoms with Crippen molar-refractivity contribution >= 4 is 11.8 Å². The molecule has 3 aromatic carbocycles. The Labute approximate surface area is 179 Å². The molecular weight excluding hydrogens is 396 g/mol. The van der Waals surface area contributed by atoms with Crippen LogP contribution >= 0.6 is 11.8 Å². The quantitative estimate of drug-likeness (QED) is 0.315. The van der Waals surface area contributed by atoms with Crippen molar-refractivity contribution in [3.8, 4) is 28.6 Å².